The lowest BCUT2D eigenvalue weighted by Gasteiger charge is -2.25. The van der Waals surface area contributed by atoms with E-state index in [1.807, 2.05) is 18.2 Å². The van der Waals surface area contributed by atoms with E-state index < -0.39 is 12.5 Å². The molecule has 6 nitrogen and oxygen atoms in total. The number of rotatable bonds is 7. The number of aromatic nitrogens is 2. The molecular formula is C19H25ClF2N6S. The van der Waals surface area contributed by atoms with Crippen molar-refractivity contribution in [3.05, 3.63) is 34.9 Å². The van der Waals surface area contributed by atoms with Gasteiger partial charge in [-0.05, 0) is 17.5 Å². The van der Waals surface area contributed by atoms with Gasteiger partial charge >= 0.3 is 0 Å². The van der Waals surface area contributed by atoms with Gasteiger partial charge < -0.3 is 10.6 Å². The van der Waals surface area contributed by atoms with Gasteiger partial charge in [0.15, 0.2) is 16.8 Å². The van der Waals surface area contributed by atoms with Gasteiger partial charge in [-0.15, -0.1) is 0 Å². The quantitative estimate of drug-likeness (QED) is 0.288. The molecule has 0 aliphatic carbocycles. The van der Waals surface area contributed by atoms with Gasteiger partial charge in [-0.1, -0.05) is 55.4 Å². The van der Waals surface area contributed by atoms with Gasteiger partial charge in [-0.25, -0.2) is 24.6 Å². The summed E-state index contributed by atoms with van der Waals surface area (Å²) in [6.07, 6.45) is -0.230. The monoisotopic (exact) mass is 442 g/mol. The van der Waals surface area contributed by atoms with Crippen LogP contribution >= 0.6 is 23.4 Å². The summed E-state index contributed by atoms with van der Waals surface area (Å²) < 4.78 is 27.6. The van der Waals surface area contributed by atoms with Crippen LogP contribution in [0.25, 0.3) is 0 Å². The maximum Gasteiger partial charge on any atom is 0.266 e. The molecule has 158 valence electrons. The van der Waals surface area contributed by atoms with E-state index in [4.69, 9.17) is 23.2 Å². The minimum Gasteiger partial charge on any atom is -0.393 e. The van der Waals surface area contributed by atoms with Crippen molar-refractivity contribution in [3.8, 4) is 0 Å². The first-order chi connectivity index (χ1) is 13.7. The van der Waals surface area contributed by atoms with Crippen LogP contribution in [0.5, 0.6) is 0 Å². The lowest BCUT2D eigenvalue weighted by atomic mass is 10.2. The molecule has 0 bridgehead atoms. The number of hydrogen-bond donors (Lipinski definition) is 2. The summed E-state index contributed by atoms with van der Waals surface area (Å²) >= 11 is 7.69. The Labute approximate surface area is 178 Å². The lowest BCUT2D eigenvalue weighted by Crippen LogP contribution is -2.33. The van der Waals surface area contributed by atoms with Crippen LogP contribution in [0.4, 0.5) is 26.1 Å². The Kier molecular flexibility index (Phi) is 6.70. The van der Waals surface area contributed by atoms with Crippen molar-refractivity contribution in [1.82, 2.24) is 9.97 Å². The van der Waals surface area contributed by atoms with Crippen molar-refractivity contribution < 1.29 is 8.78 Å². The Morgan fingerprint density at radius 3 is 2.66 bits per heavy atom. The second-order valence-electron chi connectivity index (χ2n) is 7.52. The molecule has 2 aromatic rings. The molecule has 0 radical (unpaired) electrons. The minimum atomic E-state index is -2.76. The van der Waals surface area contributed by atoms with E-state index in [2.05, 4.69) is 23.8 Å². The van der Waals surface area contributed by atoms with Crippen LogP contribution in [0.3, 0.4) is 0 Å². The molecule has 1 aromatic heterocycles. The average molecular weight is 443 g/mol. The highest BCUT2D eigenvalue weighted by Gasteiger charge is 2.40. The van der Waals surface area contributed by atoms with Gasteiger partial charge in [-0.3, -0.25) is 5.01 Å². The number of nitrogens with zero attached hydrogens (tertiary/aromatic N) is 4. The van der Waals surface area contributed by atoms with Crippen LogP contribution < -0.4 is 21.5 Å². The molecule has 29 heavy (non-hydrogen) atoms. The van der Waals surface area contributed by atoms with E-state index in [9.17, 15) is 8.78 Å². The van der Waals surface area contributed by atoms with Crippen LogP contribution in [-0.4, -0.2) is 34.7 Å². The van der Waals surface area contributed by atoms with Crippen LogP contribution in [0.1, 0.15) is 25.8 Å². The number of nitrogen functional groups attached to an aromatic ring is 1. The van der Waals surface area contributed by atoms with Crippen LogP contribution in [-0.2, 0) is 6.54 Å². The van der Waals surface area contributed by atoms with Gasteiger partial charge in [-0.2, -0.15) is 0 Å². The molecule has 1 aliphatic heterocycles. The Bertz CT molecular complexity index is 867. The first-order valence-corrected chi connectivity index (χ1v) is 10.7. The predicted molar refractivity (Wildman–Crippen MR) is 116 cm³/mol. The van der Waals surface area contributed by atoms with E-state index in [1.54, 1.807) is 6.07 Å². The third-order valence-corrected chi connectivity index (χ3v) is 6.11. The number of halogens is 3. The Morgan fingerprint density at radius 2 is 2.03 bits per heavy atom. The molecule has 0 spiro atoms. The van der Waals surface area contributed by atoms with Crippen LogP contribution in [0.2, 0.25) is 5.02 Å². The van der Waals surface area contributed by atoms with Crippen molar-refractivity contribution in [2.24, 2.45) is 11.8 Å². The molecule has 0 unspecified atom stereocenters. The fourth-order valence-electron chi connectivity index (χ4n) is 2.99. The number of hydrogen-bond acceptors (Lipinski definition) is 7. The highest BCUT2D eigenvalue weighted by Crippen LogP contribution is 2.37. The zero-order valence-electron chi connectivity index (χ0n) is 16.4. The molecule has 1 saturated heterocycles. The molecular weight excluding hydrogens is 418 g/mol. The average Bonchev–Trinajstić information content (AvgIpc) is 3.02. The number of benzene rings is 1. The first-order valence-electron chi connectivity index (χ1n) is 9.35. The summed E-state index contributed by atoms with van der Waals surface area (Å²) in [6.45, 7) is 4.19. The fourth-order valence-corrected chi connectivity index (χ4v) is 3.97. The summed E-state index contributed by atoms with van der Waals surface area (Å²) in [5.74, 6) is 5.31. The molecule has 0 amide bonds. The first kappa shape index (κ1) is 21.9. The van der Waals surface area contributed by atoms with E-state index in [-0.39, 0.29) is 25.2 Å². The second-order valence-corrected chi connectivity index (χ2v) is 8.91. The summed E-state index contributed by atoms with van der Waals surface area (Å²) in [5, 5.41) is 2.42. The van der Waals surface area contributed by atoms with E-state index in [0.717, 1.165) is 11.3 Å². The second kappa shape index (κ2) is 8.89. The normalized spacial score (nSPS) is 15.9. The van der Waals surface area contributed by atoms with Crippen molar-refractivity contribution in [3.63, 3.8) is 0 Å². The maximum absolute atomic E-state index is 13.8. The molecule has 1 fully saturated rings. The highest BCUT2D eigenvalue weighted by molar-refractivity contribution is 7.99. The lowest BCUT2D eigenvalue weighted by molar-refractivity contribution is 0.0257. The van der Waals surface area contributed by atoms with E-state index >= 15 is 0 Å². The summed E-state index contributed by atoms with van der Waals surface area (Å²) in [7, 11) is 0. The smallest absolute Gasteiger partial charge is 0.266 e. The number of anilines is 3. The highest BCUT2D eigenvalue weighted by atomic mass is 35.5. The Balaban J connectivity index is 1.94. The van der Waals surface area contributed by atoms with Gasteiger partial charge in [0.1, 0.15) is 5.69 Å². The topological polar surface area (TPSA) is 84.3 Å². The molecule has 1 aromatic carbocycles. The molecule has 3 rings (SSSR count). The standard InChI is InChI=1S/C19H25ClF2N6S/c1-12(2)10-29-18-25-16(27-8-7-19(21,22)11-27)15(23)17(26-18)28(24)9-13-5-3-4-6-14(13)20/h3-6,12H,7-11,23-24H2,1-2H3. The van der Waals surface area contributed by atoms with Gasteiger partial charge in [0.25, 0.3) is 5.92 Å². The molecule has 1 aliphatic rings. The van der Waals surface area contributed by atoms with Gasteiger partial charge in [0.05, 0.1) is 13.1 Å². The number of thioether (sulfide) groups is 1. The Hall–Kier alpha value is -1.84. The van der Waals surface area contributed by atoms with Crippen LogP contribution in [0.15, 0.2) is 29.4 Å². The summed E-state index contributed by atoms with van der Waals surface area (Å²) in [4.78, 5) is 10.5. The fraction of sp³-hybridized carbons (Fsp3) is 0.474. The minimum absolute atomic E-state index is 0.178. The van der Waals surface area contributed by atoms with Crippen LogP contribution in [0, 0.1) is 5.92 Å². The van der Waals surface area contributed by atoms with Gasteiger partial charge in [0, 0.05) is 23.7 Å². The van der Waals surface area contributed by atoms with E-state index in [0.29, 0.717) is 27.7 Å². The van der Waals surface area contributed by atoms with Crippen molar-refractivity contribution in [2.45, 2.75) is 37.9 Å². The van der Waals surface area contributed by atoms with Crippen molar-refractivity contribution >= 4 is 40.7 Å². The third-order valence-electron chi connectivity index (χ3n) is 4.47. The zero-order valence-corrected chi connectivity index (χ0v) is 18.0. The molecule has 10 heteroatoms. The Morgan fingerprint density at radius 1 is 1.31 bits per heavy atom. The van der Waals surface area contributed by atoms with E-state index in [1.165, 1.54) is 21.7 Å². The molecule has 0 atom stereocenters. The SMILES string of the molecule is CC(C)CSc1nc(N(N)Cc2ccccc2Cl)c(N)c(N2CCC(F)(F)C2)n1. The third kappa shape index (κ3) is 5.40. The molecule has 2 heterocycles. The number of nitrogens with two attached hydrogens (primary N) is 2. The van der Waals surface area contributed by atoms with Crippen molar-refractivity contribution in [2.75, 3.05) is 34.5 Å². The molecule has 4 N–H and O–H groups in total. The maximum atomic E-state index is 13.8. The zero-order chi connectivity index (χ0) is 21.2. The predicted octanol–water partition coefficient (Wildman–Crippen LogP) is 4.19. The number of alkyl halides is 2. The largest absolute Gasteiger partial charge is 0.393 e. The van der Waals surface area contributed by atoms with Crippen molar-refractivity contribution in [1.29, 1.82) is 0 Å². The number of hydrazine groups is 1. The summed E-state index contributed by atoms with van der Waals surface area (Å²) in [6, 6.07) is 7.32. The molecule has 0 saturated carbocycles. The van der Waals surface area contributed by atoms with Gasteiger partial charge in [0.2, 0.25) is 0 Å². The summed E-state index contributed by atoms with van der Waals surface area (Å²) in [5.41, 5.74) is 7.29.